The van der Waals surface area contributed by atoms with Crippen LogP contribution in [0.15, 0.2) is 41.8 Å². The molecular weight excluding hydrogens is 393 g/mol. The van der Waals surface area contributed by atoms with E-state index in [4.69, 9.17) is 5.10 Å². The van der Waals surface area contributed by atoms with Crippen LogP contribution in [0.5, 0.6) is 0 Å². The molecule has 3 fully saturated rings. The van der Waals surface area contributed by atoms with Crippen LogP contribution in [-0.2, 0) is 11.3 Å². The van der Waals surface area contributed by atoms with Crippen molar-refractivity contribution in [3.05, 3.63) is 59.3 Å². The molecule has 0 saturated heterocycles. The van der Waals surface area contributed by atoms with Gasteiger partial charge in [-0.25, -0.2) is 9.40 Å². The molecule has 0 radical (unpaired) electrons. The second-order valence-corrected chi connectivity index (χ2v) is 9.71. The molecular formula is C24H24FN5O. The van der Waals surface area contributed by atoms with Gasteiger partial charge in [-0.3, -0.25) is 14.5 Å². The predicted molar refractivity (Wildman–Crippen MR) is 115 cm³/mol. The lowest BCUT2D eigenvalue weighted by atomic mass is 9.34. The first-order valence-electron chi connectivity index (χ1n) is 10.8. The highest BCUT2D eigenvalue weighted by Gasteiger charge is 2.72. The van der Waals surface area contributed by atoms with E-state index in [2.05, 4.69) is 46.8 Å². The number of rotatable bonds is 4. The molecule has 1 atom stereocenters. The van der Waals surface area contributed by atoms with Crippen LogP contribution in [-0.4, -0.2) is 31.9 Å². The maximum Gasteiger partial charge on any atom is 0.249 e. The molecule has 3 aromatic rings. The lowest BCUT2D eigenvalue weighted by molar-refractivity contribution is -0.223. The summed E-state index contributed by atoms with van der Waals surface area (Å²) in [5.41, 5.74) is 3.97. The van der Waals surface area contributed by atoms with E-state index in [1.54, 1.807) is 17.4 Å². The van der Waals surface area contributed by atoms with Crippen molar-refractivity contribution in [1.82, 2.24) is 19.8 Å². The number of carbonyl (C=O) groups excluding carboxylic acids is 1. The van der Waals surface area contributed by atoms with Crippen LogP contribution in [0.4, 0.5) is 4.39 Å². The van der Waals surface area contributed by atoms with Gasteiger partial charge >= 0.3 is 0 Å². The molecule has 1 amide bonds. The summed E-state index contributed by atoms with van der Waals surface area (Å²) in [7, 11) is 0. The molecule has 7 heteroatoms. The Hall–Kier alpha value is -3.09. The van der Waals surface area contributed by atoms with Crippen LogP contribution < -0.4 is 0 Å². The Morgan fingerprint density at radius 1 is 1.19 bits per heavy atom. The fourth-order valence-corrected chi connectivity index (χ4v) is 5.98. The Labute approximate surface area is 179 Å². The third kappa shape index (κ3) is 2.68. The summed E-state index contributed by atoms with van der Waals surface area (Å²) < 4.78 is 15.8. The Morgan fingerprint density at radius 2 is 2.00 bits per heavy atom. The van der Waals surface area contributed by atoms with Gasteiger partial charge in [-0.15, -0.1) is 0 Å². The number of nitrogens with zero attached hydrogens (tertiary/aromatic N) is 5. The van der Waals surface area contributed by atoms with Crippen molar-refractivity contribution >= 4 is 23.0 Å². The lowest BCUT2D eigenvalue weighted by Gasteiger charge is -2.69. The minimum absolute atomic E-state index is 0.0651. The van der Waals surface area contributed by atoms with Crippen LogP contribution in [0, 0.1) is 30.5 Å². The molecule has 0 spiro atoms. The average molecular weight is 417 g/mol. The summed E-state index contributed by atoms with van der Waals surface area (Å²) >= 11 is 0. The number of hydrogen-bond acceptors (Lipinski definition) is 4. The smallest absolute Gasteiger partial charge is 0.249 e. The number of aromatic nitrogens is 3. The molecule has 31 heavy (non-hydrogen) atoms. The topological polar surface area (TPSA) is 63.4 Å². The molecule has 1 unspecified atom stereocenters. The van der Waals surface area contributed by atoms with Gasteiger partial charge in [0, 0.05) is 36.5 Å². The van der Waals surface area contributed by atoms with E-state index in [0.29, 0.717) is 12.0 Å². The van der Waals surface area contributed by atoms with E-state index < -0.39 is 5.82 Å². The highest BCUT2D eigenvalue weighted by molar-refractivity contribution is 5.88. The zero-order valence-electron chi connectivity index (χ0n) is 17.7. The Kier molecular flexibility index (Phi) is 3.74. The van der Waals surface area contributed by atoms with Crippen molar-refractivity contribution in [2.45, 2.75) is 52.1 Å². The number of fused-ring (bicyclic) bond motifs is 1. The number of hydrogen-bond donors (Lipinski definition) is 0. The summed E-state index contributed by atoms with van der Waals surface area (Å²) in [5.74, 6) is -0.325. The first kappa shape index (κ1) is 18.7. The van der Waals surface area contributed by atoms with Gasteiger partial charge in [0.1, 0.15) is 5.82 Å². The van der Waals surface area contributed by atoms with Crippen LogP contribution in [0.1, 0.15) is 48.5 Å². The highest BCUT2D eigenvalue weighted by atomic mass is 19.1. The van der Waals surface area contributed by atoms with E-state index in [1.807, 2.05) is 0 Å². The monoisotopic (exact) mass is 417 g/mol. The van der Waals surface area contributed by atoms with Crippen molar-refractivity contribution in [2.75, 3.05) is 0 Å². The zero-order valence-corrected chi connectivity index (χ0v) is 17.7. The van der Waals surface area contributed by atoms with Gasteiger partial charge in [-0.1, -0.05) is 11.6 Å². The van der Waals surface area contributed by atoms with Gasteiger partial charge in [0.15, 0.2) is 0 Å². The van der Waals surface area contributed by atoms with Gasteiger partial charge in [0.05, 0.1) is 23.2 Å². The van der Waals surface area contributed by atoms with Gasteiger partial charge in [-0.2, -0.15) is 10.2 Å². The number of aryl methyl sites for hydroxylation is 2. The Balaban J connectivity index is 1.18. The van der Waals surface area contributed by atoms with Crippen LogP contribution in [0.2, 0.25) is 0 Å². The molecule has 7 rings (SSSR count). The third-order valence-corrected chi connectivity index (χ3v) is 7.39. The molecule has 6 nitrogen and oxygen atoms in total. The first-order chi connectivity index (χ1) is 14.9. The van der Waals surface area contributed by atoms with E-state index in [0.717, 1.165) is 31.3 Å². The first-order valence-corrected chi connectivity index (χ1v) is 10.8. The summed E-state index contributed by atoms with van der Waals surface area (Å²) in [4.78, 5) is 17.3. The molecule has 3 heterocycles. The minimum atomic E-state index is -0.390. The number of benzene rings is 1. The highest BCUT2D eigenvalue weighted by Crippen LogP contribution is 2.74. The largest absolute Gasteiger partial charge is 0.272 e. The molecule has 1 aromatic carbocycles. The molecule has 2 bridgehead atoms. The summed E-state index contributed by atoms with van der Waals surface area (Å²) in [5, 5.41) is 11.9. The third-order valence-electron chi connectivity index (χ3n) is 7.39. The van der Waals surface area contributed by atoms with E-state index in [9.17, 15) is 9.18 Å². The molecule has 2 aromatic heterocycles. The summed E-state index contributed by atoms with van der Waals surface area (Å²) in [6.45, 7) is 5.07. The summed E-state index contributed by atoms with van der Waals surface area (Å²) in [6, 6.07) is 7.54. The molecule has 158 valence electrons. The van der Waals surface area contributed by atoms with Crippen molar-refractivity contribution < 1.29 is 9.18 Å². The van der Waals surface area contributed by atoms with Crippen molar-refractivity contribution in [3.63, 3.8) is 0 Å². The fourth-order valence-electron chi connectivity index (χ4n) is 5.98. The average Bonchev–Trinajstić information content (AvgIpc) is 3.29. The van der Waals surface area contributed by atoms with E-state index >= 15 is 0 Å². The van der Waals surface area contributed by atoms with Crippen LogP contribution >= 0.6 is 0 Å². The number of amides is 1. The van der Waals surface area contributed by atoms with Crippen LogP contribution in [0.3, 0.4) is 0 Å². The SMILES string of the molecule is Cc1ccc2nn(CC34CC(C(=O)N5N=CCC5c5cncc(F)c5)(C3)C4)c(C)c2c1. The van der Waals surface area contributed by atoms with Crippen LogP contribution in [0.25, 0.3) is 10.9 Å². The molecule has 3 saturated carbocycles. The summed E-state index contributed by atoms with van der Waals surface area (Å²) in [6.07, 6.45) is 7.75. The number of pyridine rings is 1. The van der Waals surface area contributed by atoms with Crippen molar-refractivity contribution in [1.29, 1.82) is 0 Å². The van der Waals surface area contributed by atoms with Gasteiger partial charge in [0.25, 0.3) is 0 Å². The number of hydrazone groups is 1. The number of carbonyl (C=O) groups is 1. The molecule has 0 N–H and O–H groups in total. The zero-order chi connectivity index (χ0) is 21.4. The van der Waals surface area contributed by atoms with Crippen molar-refractivity contribution in [2.24, 2.45) is 15.9 Å². The van der Waals surface area contributed by atoms with Gasteiger partial charge < -0.3 is 0 Å². The maximum atomic E-state index is 13.6. The van der Waals surface area contributed by atoms with Crippen molar-refractivity contribution in [3.8, 4) is 0 Å². The molecule has 3 aliphatic carbocycles. The minimum Gasteiger partial charge on any atom is -0.272 e. The second-order valence-electron chi connectivity index (χ2n) is 9.71. The second kappa shape index (κ2) is 6.22. The van der Waals surface area contributed by atoms with E-state index in [-0.39, 0.29) is 22.8 Å². The fraction of sp³-hybridized carbons (Fsp3) is 0.417. The molecule has 1 aliphatic heterocycles. The quantitative estimate of drug-likeness (QED) is 0.635. The normalized spacial score (nSPS) is 28.6. The Bertz CT molecular complexity index is 1240. The van der Waals surface area contributed by atoms with Gasteiger partial charge in [0.2, 0.25) is 5.91 Å². The van der Waals surface area contributed by atoms with E-state index in [1.165, 1.54) is 28.9 Å². The van der Waals surface area contributed by atoms with Gasteiger partial charge in [-0.05, 0) is 62.3 Å². The lowest BCUT2D eigenvalue weighted by Crippen LogP contribution is -2.68. The Morgan fingerprint density at radius 3 is 2.77 bits per heavy atom. The standard InChI is InChI=1S/C24H24FN5O/c1-15-3-4-20-19(7-15)16(2)29(28-20)14-23-11-24(12-23,13-23)22(31)30-21(5-6-27-30)17-8-18(25)10-26-9-17/h3-4,6-10,21H,5,11-14H2,1-2H3. The predicted octanol–water partition coefficient (Wildman–Crippen LogP) is 4.32. The molecule has 4 aliphatic rings. The maximum absolute atomic E-state index is 13.6. The number of halogens is 1.